The Bertz CT molecular complexity index is 1410. The Labute approximate surface area is 211 Å². The standard InChI is InChI=1S/C27H29N3O5S/c1-18-7-6-10-23(20(18)3)29-36(33,34)25-17-21(12-11-19(25)2)26(31)28-24-9-5-4-8-22(24)27(32)30-13-15-35-16-14-30/h4-12,17,29H,13-16H2,1-3H3,(H,28,31). The zero-order valence-electron chi connectivity index (χ0n) is 20.5. The third-order valence-corrected chi connectivity index (χ3v) is 7.80. The van der Waals surface area contributed by atoms with E-state index in [-0.39, 0.29) is 16.4 Å². The SMILES string of the molecule is Cc1ccc(C(=O)Nc2ccccc2C(=O)N2CCOCC2)cc1S(=O)(=O)Nc1cccc(C)c1C. The Morgan fingerprint density at radius 2 is 1.56 bits per heavy atom. The van der Waals surface area contributed by atoms with Crippen molar-refractivity contribution in [3.05, 3.63) is 88.5 Å². The van der Waals surface area contributed by atoms with Gasteiger partial charge in [-0.05, 0) is 67.8 Å². The molecular weight excluding hydrogens is 478 g/mol. The molecule has 188 valence electrons. The molecule has 0 spiro atoms. The minimum atomic E-state index is -3.95. The first kappa shape index (κ1) is 25.4. The fraction of sp³-hybridized carbons (Fsp3) is 0.259. The molecule has 2 amide bonds. The first-order chi connectivity index (χ1) is 17.2. The van der Waals surface area contributed by atoms with Crippen LogP contribution in [0.15, 0.2) is 65.6 Å². The van der Waals surface area contributed by atoms with Crippen LogP contribution in [0.2, 0.25) is 0 Å². The number of amides is 2. The van der Waals surface area contributed by atoms with E-state index in [1.807, 2.05) is 19.9 Å². The topological polar surface area (TPSA) is 105 Å². The van der Waals surface area contributed by atoms with Gasteiger partial charge in [-0.15, -0.1) is 0 Å². The number of anilines is 2. The summed E-state index contributed by atoms with van der Waals surface area (Å²) in [6, 6.07) is 16.7. The van der Waals surface area contributed by atoms with Crippen molar-refractivity contribution in [1.29, 1.82) is 0 Å². The quantitative estimate of drug-likeness (QED) is 0.522. The molecule has 0 aromatic heterocycles. The summed E-state index contributed by atoms with van der Waals surface area (Å²) in [5.74, 6) is -0.709. The summed E-state index contributed by atoms with van der Waals surface area (Å²) in [5, 5.41) is 2.78. The zero-order valence-corrected chi connectivity index (χ0v) is 21.3. The van der Waals surface area contributed by atoms with E-state index >= 15 is 0 Å². The van der Waals surface area contributed by atoms with Gasteiger partial charge in [-0.25, -0.2) is 8.42 Å². The molecule has 2 N–H and O–H groups in total. The highest BCUT2D eigenvalue weighted by Gasteiger charge is 2.23. The molecule has 1 saturated heterocycles. The molecule has 36 heavy (non-hydrogen) atoms. The number of benzene rings is 3. The Morgan fingerprint density at radius 1 is 0.861 bits per heavy atom. The highest BCUT2D eigenvalue weighted by atomic mass is 32.2. The fourth-order valence-corrected chi connectivity index (χ4v) is 5.40. The molecule has 0 atom stereocenters. The van der Waals surface area contributed by atoms with Crippen molar-refractivity contribution in [2.45, 2.75) is 25.7 Å². The minimum absolute atomic E-state index is 0.00809. The number of carbonyl (C=O) groups excluding carboxylic acids is 2. The maximum Gasteiger partial charge on any atom is 0.262 e. The lowest BCUT2D eigenvalue weighted by Crippen LogP contribution is -2.41. The molecule has 0 bridgehead atoms. The second-order valence-corrected chi connectivity index (χ2v) is 10.4. The zero-order chi connectivity index (χ0) is 25.9. The van der Waals surface area contributed by atoms with Crippen molar-refractivity contribution < 1.29 is 22.7 Å². The van der Waals surface area contributed by atoms with Crippen LogP contribution in [0.25, 0.3) is 0 Å². The average molecular weight is 508 g/mol. The lowest BCUT2D eigenvalue weighted by molar-refractivity contribution is 0.0303. The van der Waals surface area contributed by atoms with Crippen LogP contribution in [0.5, 0.6) is 0 Å². The highest BCUT2D eigenvalue weighted by Crippen LogP contribution is 2.25. The number of hydrogen-bond donors (Lipinski definition) is 2. The van der Waals surface area contributed by atoms with E-state index < -0.39 is 15.9 Å². The molecule has 1 aliphatic heterocycles. The Morgan fingerprint density at radius 3 is 2.31 bits per heavy atom. The van der Waals surface area contributed by atoms with Crippen LogP contribution in [-0.4, -0.2) is 51.4 Å². The largest absolute Gasteiger partial charge is 0.378 e. The minimum Gasteiger partial charge on any atom is -0.378 e. The molecule has 0 radical (unpaired) electrons. The second kappa shape index (κ2) is 10.5. The molecule has 3 aromatic rings. The molecule has 1 aliphatic rings. The second-order valence-electron chi connectivity index (χ2n) is 8.74. The summed E-state index contributed by atoms with van der Waals surface area (Å²) in [4.78, 5) is 27.9. The van der Waals surface area contributed by atoms with E-state index in [1.165, 1.54) is 6.07 Å². The molecule has 4 rings (SSSR count). The van der Waals surface area contributed by atoms with Crippen LogP contribution >= 0.6 is 0 Å². The maximum atomic E-state index is 13.2. The number of hydrogen-bond acceptors (Lipinski definition) is 5. The van der Waals surface area contributed by atoms with Crippen molar-refractivity contribution in [3.8, 4) is 0 Å². The van der Waals surface area contributed by atoms with Crippen LogP contribution < -0.4 is 10.0 Å². The van der Waals surface area contributed by atoms with Gasteiger partial charge >= 0.3 is 0 Å². The van der Waals surface area contributed by atoms with Crippen molar-refractivity contribution in [2.24, 2.45) is 0 Å². The number of nitrogens with zero attached hydrogens (tertiary/aromatic N) is 1. The van der Waals surface area contributed by atoms with Gasteiger partial charge in [0.2, 0.25) is 0 Å². The van der Waals surface area contributed by atoms with Gasteiger partial charge < -0.3 is 15.0 Å². The smallest absolute Gasteiger partial charge is 0.262 e. The van der Waals surface area contributed by atoms with E-state index in [1.54, 1.807) is 60.4 Å². The molecule has 1 fully saturated rings. The lowest BCUT2D eigenvalue weighted by Gasteiger charge is -2.27. The van der Waals surface area contributed by atoms with Gasteiger partial charge in [-0.3, -0.25) is 14.3 Å². The molecule has 0 aliphatic carbocycles. The number of ether oxygens (including phenoxy) is 1. The number of aryl methyl sites for hydroxylation is 2. The van der Waals surface area contributed by atoms with Gasteiger partial charge in [0, 0.05) is 18.7 Å². The van der Waals surface area contributed by atoms with Gasteiger partial charge in [0.25, 0.3) is 21.8 Å². The summed E-state index contributed by atoms with van der Waals surface area (Å²) in [7, 11) is -3.95. The molecule has 3 aromatic carbocycles. The van der Waals surface area contributed by atoms with Crippen LogP contribution in [0, 0.1) is 20.8 Å². The van der Waals surface area contributed by atoms with Gasteiger partial charge in [-0.1, -0.05) is 30.3 Å². The maximum absolute atomic E-state index is 13.2. The monoisotopic (exact) mass is 507 g/mol. The summed E-state index contributed by atoms with van der Waals surface area (Å²) in [6.45, 7) is 7.33. The molecular formula is C27H29N3O5S. The van der Waals surface area contributed by atoms with E-state index in [9.17, 15) is 18.0 Å². The van der Waals surface area contributed by atoms with Crippen molar-refractivity contribution in [1.82, 2.24) is 4.90 Å². The number of para-hydroxylation sites is 1. The van der Waals surface area contributed by atoms with Gasteiger partial charge in [-0.2, -0.15) is 0 Å². The summed E-state index contributed by atoms with van der Waals surface area (Å²) in [5.41, 5.74) is 3.67. The number of nitrogens with one attached hydrogen (secondary N) is 2. The lowest BCUT2D eigenvalue weighted by atomic mass is 10.1. The third kappa shape index (κ3) is 5.42. The number of rotatable bonds is 6. The van der Waals surface area contributed by atoms with Gasteiger partial charge in [0.15, 0.2) is 0 Å². The van der Waals surface area contributed by atoms with Crippen molar-refractivity contribution in [2.75, 3.05) is 36.3 Å². The first-order valence-corrected chi connectivity index (χ1v) is 13.1. The predicted octanol–water partition coefficient (Wildman–Crippen LogP) is 4.14. The molecule has 8 nitrogen and oxygen atoms in total. The summed E-state index contributed by atoms with van der Waals surface area (Å²) >= 11 is 0. The normalized spacial score (nSPS) is 13.8. The summed E-state index contributed by atoms with van der Waals surface area (Å²) < 4.78 is 34.4. The summed E-state index contributed by atoms with van der Waals surface area (Å²) in [6.07, 6.45) is 0. The van der Waals surface area contributed by atoms with Crippen molar-refractivity contribution >= 4 is 33.2 Å². The Balaban J connectivity index is 1.59. The predicted molar refractivity (Wildman–Crippen MR) is 139 cm³/mol. The highest BCUT2D eigenvalue weighted by molar-refractivity contribution is 7.92. The van der Waals surface area contributed by atoms with Crippen molar-refractivity contribution in [3.63, 3.8) is 0 Å². The number of morpholine rings is 1. The Hall–Kier alpha value is -3.69. The average Bonchev–Trinajstić information content (AvgIpc) is 2.87. The first-order valence-electron chi connectivity index (χ1n) is 11.6. The third-order valence-electron chi connectivity index (χ3n) is 6.29. The number of sulfonamides is 1. The molecule has 0 saturated carbocycles. The molecule has 1 heterocycles. The van der Waals surface area contributed by atoms with Gasteiger partial charge in [0.1, 0.15) is 0 Å². The van der Waals surface area contributed by atoms with E-state index in [0.717, 1.165) is 11.1 Å². The fourth-order valence-electron chi connectivity index (χ4n) is 4.00. The van der Waals surface area contributed by atoms with Gasteiger partial charge in [0.05, 0.1) is 35.0 Å². The molecule has 0 unspecified atom stereocenters. The van der Waals surface area contributed by atoms with E-state index in [2.05, 4.69) is 10.0 Å². The van der Waals surface area contributed by atoms with E-state index in [4.69, 9.17) is 4.74 Å². The number of carbonyl (C=O) groups is 2. The van der Waals surface area contributed by atoms with E-state index in [0.29, 0.717) is 48.8 Å². The molecule has 9 heteroatoms. The Kier molecular flexibility index (Phi) is 7.42. The van der Waals surface area contributed by atoms with Crippen LogP contribution in [0.4, 0.5) is 11.4 Å². The van der Waals surface area contributed by atoms with Crippen LogP contribution in [0.1, 0.15) is 37.4 Å². The van der Waals surface area contributed by atoms with Crippen LogP contribution in [-0.2, 0) is 14.8 Å². The van der Waals surface area contributed by atoms with Crippen LogP contribution in [0.3, 0.4) is 0 Å².